The van der Waals surface area contributed by atoms with Crippen LogP contribution in [0.1, 0.15) is 12.0 Å². The second-order valence-electron chi connectivity index (χ2n) is 5.37. The Hall–Kier alpha value is -2.65. The summed E-state index contributed by atoms with van der Waals surface area (Å²) in [5.41, 5.74) is 6.08. The average molecular weight is 387 g/mol. The van der Waals surface area contributed by atoms with E-state index in [9.17, 15) is 9.59 Å². The summed E-state index contributed by atoms with van der Waals surface area (Å²) in [6, 6.07) is 13.2. The SMILES string of the molecule is NC(=O)NC(=O)CCSc1nnc(-c2cccs2)n1Cc1ccccc1. The van der Waals surface area contributed by atoms with E-state index in [4.69, 9.17) is 5.73 Å². The van der Waals surface area contributed by atoms with Gasteiger partial charge in [-0.05, 0) is 17.0 Å². The molecule has 3 rings (SSSR count). The molecule has 2 heterocycles. The molecule has 7 nitrogen and oxygen atoms in total. The molecule has 0 saturated carbocycles. The Kier molecular flexibility index (Phi) is 6.03. The number of rotatable bonds is 7. The molecule has 3 amide bonds. The smallest absolute Gasteiger partial charge is 0.318 e. The molecule has 9 heteroatoms. The van der Waals surface area contributed by atoms with Crippen molar-refractivity contribution in [2.24, 2.45) is 5.73 Å². The highest BCUT2D eigenvalue weighted by atomic mass is 32.2. The summed E-state index contributed by atoms with van der Waals surface area (Å²) in [5, 5.41) is 13.4. The molecule has 0 bridgehead atoms. The lowest BCUT2D eigenvalue weighted by Gasteiger charge is -2.09. The van der Waals surface area contributed by atoms with Crippen LogP contribution in [0.4, 0.5) is 4.79 Å². The molecule has 0 aliphatic carbocycles. The van der Waals surface area contributed by atoms with E-state index < -0.39 is 11.9 Å². The van der Waals surface area contributed by atoms with Crippen molar-refractivity contribution in [1.29, 1.82) is 0 Å². The molecule has 134 valence electrons. The summed E-state index contributed by atoms with van der Waals surface area (Å²) in [4.78, 5) is 23.3. The molecule has 3 N–H and O–H groups in total. The number of carbonyl (C=O) groups excluding carboxylic acids is 2. The summed E-state index contributed by atoms with van der Waals surface area (Å²) in [6.45, 7) is 0.636. The van der Waals surface area contributed by atoms with E-state index in [1.165, 1.54) is 11.8 Å². The third-order valence-corrected chi connectivity index (χ3v) is 5.30. The minimum absolute atomic E-state index is 0.167. The molecule has 0 spiro atoms. The monoisotopic (exact) mass is 387 g/mol. The Labute approximate surface area is 158 Å². The fourth-order valence-electron chi connectivity index (χ4n) is 2.33. The van der Waals surface area contributed by atoms with E-state index >= 15 is 0 Å². The van der Waals surface area contributed by atoms with Gasteiger partial charge in [-0.2, -0.15) is 0 Å². The number of hydrogen-bond donors (Lipinski definition) is 2. The molecule has 0 aliphatic heterocycles. The molecule has 26 heavy (non-hydrogen) atoms. The maximum Gasteiger partial charge on any atom is 0.318 e. The standard InChI is InChI=1S/C17H17N5O2S2/c18-16(24)19-14(23)8-10-26-17-21-20-15(13-7-4-9-25-13)22(17)11-12-5-2-1-3-6-12/h1-7,9H,8,10-11H2,(H3,18,19,23,24). The van der Waals surface area contributed by atoms with Crippen LogP contribution in [0.5, 0.6) is 0 Å². The fourth-order valence-corrected chi connectivity index (χ4v) is 3.92. The third kappa shape index (κ3) is 4.70. The van der Waals surface area contributed by atoms with E-state index in [1.54, 1.807) is 11.3 Å². The topological polar surface area (TPSA) is 103 Å². The van der Waals surface area contributed by atoms with Crippen molar-refractivity contribution in [2.75, 3.05) is 5.75 Å². The summed E-state index contributed by atoms with van der Waals surface area (Å²) >= 11 is 3.02. The number of amides is 3. The van der Waals surface area contributed by atoms with Gasteiger partial charge < -0.3 is 5.73 Å². The Morgan fingerprint density at radius 1 is 1.15 bits per heavy atom. The zero-order chi connectivity index (χ0) is 18.4. The number of aromatic nitrogens is 3. The molecule has 0 fully saturated rings. The van der Waals surface area contributed by atoms with Crippen molar-refractivity contribution < 1.29 is 9.59 Å². The van der Waals surface area contributed by atoms with Crippen LogP contribution in [-0.2, 0) is 11.3 Å². The van der Waals surface area contributed by atoms with Crippen LogP contribution in [0.2, 0.25) is 0 Å². The number of primary amides is 1. The zero-order valence-electron chi connectivity index (χ0n) is 13.8. The Morgan fingerprint density at radius 3 is 2.65 bits per heavy atom. The lowest BCUT2D eigenvalue weighted by molar-refractivity contribution is -0.119. The predicted molar refractivity (Wildman–Crippen MR) is 102 cm³/mol. The van der Waals surface area contributed by atoms with Crippen LogP contribution in [0.25, 0.3) is 10.7 Å². The molecule has 0 unspecified atom stereocenters. The molecule has 3 aromatic rings. The van der Waals surface area contributed by atoms with Gasteiger partial charge in [-0.25, -0.2) is 4.79 Å². The molecule has 2 aromatic heterocycles. The lowest BCUT2D eigenvalue weighted by atomic mass is 10.2. The van der Waals surface area contributed by atoms with Crippen molar-refractivity contribution in [1.82, 2.24) is 20.1 Å². The average Bonchev–Trinajstić information content (AvgIpc) is 3.25. The molecule has 0 radical (unpaired) electrons. The van der Waals surface area contributed by atoms with Crippen molar-refractivity contribution in [3.8, 4) is 10.7 Å². The maximum atomic E-state index is 11.5. The predicted octanol–water partition coefficient (Wildman–Crippen LogP) is 2.73. The van der Waals surface area contributed by atoms with Gasteiger partial charge >= 0.3 is 6.03 Å². The first-order valence-corrected chi connectivity index (χ1v) is 9.73. The number of nitrogens with zero attached hydrogens (tertiary/aromatic N) is 3. The lowest BCUT2D eigenvalue weighted by Crippen LogP contribution is -2.35. The van der Waals surface area contributed by atoms with Crippen LogP contribution < -0.4 is 11.1 Å². The first kappa shape index (κ1) is 18.2. The minimum atomic E-state index is -0.841. The Morgan fingerprint density at radius 2 is 1.96 bits per heavy atom. The van der Waals surface area contributed by atoms with Gasteiger partial charge in [-0.1, -0.05) is 48.2 Å². The van der Waals surface area contributed by atoms with Crippen LogP contribution in [-0.4, -0.2) is 32.5 Å². The number of carbonyl (C=O) groups is 2. The van der Waals surface area contributed by atoms with E-state index in [0.29, 0.717) is 12.3 Å². The number of benzene rings is 1. The Balaban J connectivity index is 1.76. The first-order chi connectivity index (χ1) is 12.6. The Bertz CT molecular complexity index is 878. The molecule has 0 atom stereocenters. The second-order valence-corrected chi connectivity index (χ2v) is 7.38. The van der Waals surface area contributed by atoms with Gasteiger partial charge in [-0.15, -0.1) is 21.5 Å². The number of imide groups is 1. The largest absolute Gasteiger partial charge is 0.351 e. The summed E-state index contributed by atoms with van der Waals surface area (Å²) in [6.07, 6.45) is 0.167. The van der Waals surface area contributed by atoms with E-state index in [2.05, 4.69) is 15.5 Å². The number of hydrogen-bond acceptors (Lipinski definition) is 6. The van der Waals surface area contributed by atoms with Gasteiger partial charge in [0, 0.05) is 12.2 Å². The molecule has 1 aromatic carbocycles. The fraction of sp³-hybridized carbons (Fsp3) is 0.176. The number of nitrogens with two attached hydrogens (primary N) is 1. The van der Waals surface area contributed by atoms with E-state index in [1.807, 2.05) is 52.4 Å². The van der Waals surface area contributed by atoms with Crippen LogP contribution in [0, 0.1) is 0 Å². The van der Waals surface area contributed by atoms with Crippen LogP contribution in [0.15, 0.2) is 53.0 Å². The summed E-state index contributed by atoms with van der Waals surface area (Å²) < 4.78 is 2.04. The zero-order valence-corrected chi connectivity index (χ0v) is 15.4. The molecular weight excluding hydrogens is 370 g/mol. The van der Waals surface area contributed by atoms with Gasteiger partial charge in [0.2, 0.25) is 5.91 Å². The van der Waals surface area contributed by atoms with Gasteiger partial charge in [0.1, 0.15) is 0 Å². The van der Waals surface area contributed by atoms with Gasteiger partial charge in [0.25, 0.3) is 0 Å². The van der Waals surface area contributed by atoms with Crippen molar-refractivity contribution in [3.05, 3.63) is 53.4 Å². The third-order valence-electron chi connectivity index (χ3n) is 3.46. The van der Waals surface area contributed by atoms with E-state index in [0.717, 1.165) is 21.4 Å². The van der Waals surface area contributed by atoms with Crippen LogP contribution in [0.3, 0.4) is 0 Å². The minimum Gasteiger partial charge on any atom is -0.351 e. The number of thioether (sulfide) groups is 1. The first-order valence-electron chi connectivity index (χ1n) is 7.86. The van der Waals surface area contributed by atoms with Gasteiger partial charge in [-0.3, -0.25) is 14.7 Å². The van der Waals surface area contributed by atoms with Gasteiger partial charge in [0.05, 0.1) is 11.4 Å². The highest BCUT2D eigenvalue weighted by Crippen LogP contribution is 2.28. The number of thiophene rings is 1. The maximum absolute atomic E-state index is 11.5. The molecule has 0 aliphatic rings. The van der Waals surface area contributed by atoms with Crippen LogP contribution >= 0.6 is 23.1 Å². The summed E-state index contributed by atoms with van der Waals surface area (Å²) in [7, 11) is 0. The van der Waals surface area contributed by atoms with Crippen molar-refractivity contribution >= 4 is 35.0 Å². The highest BCUT2D eigenvalue weighted by Gasteiger charge is 2.16. The summed E-state index contributed by atoms with van der Waals surface area (Å²) in [5.74, 6) is 0.863. The van der Waals surface area contributed by atoms with Crippen molar-refractivity contribution in [3.63, 3.8) is 0 Å². The van der Waals surface area contributed by atoms with E-state index in [-0.39, 0.29) is 6.42 Å². The highest BCUT2D eigenvalue weighted by molar-refractivity contribution is 7.99. The quantitative estimate of drug-likeness (QED) is 0.607. The molecular formula is C17H17N5O2S2. The number of urea groups is 1. The second kappa shape index (κ2) is 8.63. The van der Waals surface area contributed by atoms with Gasteiger partial charge in [0.15, 0.2) is 11.0 Å². The van der Waals surface area contributed by atoms with Crippen molar-refractivity contribution in [2.45, 2.75) is 18.1 Å². The normalized spacial score (nSPS) is 10.6. The number of nitrogens with one attached hydrogen (secondary N) is 1. The molecule has 0 saturated heterocycles.